The Morgan fingerprint density at radius 3 is 2.18 bits per heavy atom. The number of carbonyl (C=O) groups excluding carboxylic acids is 2. The molecule has 8 heteroatoms. The highest BCUT2D eigenvalue weighted by atomic mass is 35.5. The molecule has 7 nitrogen and oxygen atoms in total. The number of carbonyl (C=O) groups is 2. The summed E-state index contributed by atoms with van der Waals surface area (Å²) < 4.78 is 11.0. The van der Waals surface area contributed by atoms with Crippen molar-refractivity contribution in [3.63, 3.8) is 0 Å². The lowest BCUT2D eigenvalue weighted by Gasteiger charge is -2.55. The minimum atomic E-state index is -0.576. The number of hydrogen-bond donors (Lipinski definition) is 0. The van der Waals surface area contributed by atoms with Gasteiger partial charge in [0.15, 0.2) is 12.4 Å². The molecule has 4 fully saturated rings. The Hall–Kier alpha value is -2.93. The Labute approximate surface area is 196 Å². The Kier molecular flexibility index (Phi) is 5.60. The first-order chi connectivity index (χ1) is 15.8. The number of ketones is 1. The van der Waals surface area contributed by atoms with Crippen LogP contribution in [-0.4, -0.2) is 23.3 Å². The van der Waals surface area contributed by atoms with Crippen molar-refractivity contribution in [1.82, 2.24) is 0 Å². The highest BCUT2D eigenvalue weighted by Crippen LogP contribution is 2.60. The van der Waals surface area contributed by atoms with Crippen LogP contribution in [0.15, 0.2) is 42.5 Å². The molecule has 0 amide bonds. The number of nitro benzene ring substituents is 1. The SMILES string of the molecule is O=C(OCC(=O)C12CC3CC(CC(C3)C1)C2)c1ccc(Oc2ccc(Cl)cc2[N+](=O)[O-])cc1. The quantitative estimate of drug-likeness (QED) is 0.281. The first kappa shape index (κ1) is 21.9. The molecule has 0 spiro atoms. The lowest BCUT2D eigenvalue weighted by Crippen LogP contribution is -2.51. The smallest absolute Gasteiger partial charge is 0.338 e. The summed E-state index contributed by atoms with van der Waals surface area (Å²) in [5.74, 6) is 1.81. The van der Waals surface area contributed by atoms with Crippen molar-refractivity contribution in [1.29, 1.82) is 0 Å². The maximum Gasteiger partial charge on any atom is 0.338 e. The predicted molar refractivity (Wildman–Crippen MR) is 121 cm³/mol. The number of Topliss-reactive ketones (excluding diaryl/α,β-unsaturated/α-hetero) is 1. The number of ether oxygens (including phenoxy) is 2. The van der Waals surface area contributed by atoms with E-state index in [1.165, 1.54) is 61.7 Å². The van der Waals surface area contributed by atoms with E-state index >= 15 is 0 Å². The number of hydrogen-bond acceptors (Lipinski definition) is 6. The molecule has 6 rings (SSSR count). The van der Waals surface area contributed by atoms with E-state index in [2.05, 4.69) is 0 Å². The van der Waals surface area contributed by atoms with Gasteiger partial charge in [-0.3, -0.25) is 14.9 Å². The fourth-order valence-electron chi connectivity index (χ4n) is 6.33. The molecule has 2 aromatic rings. The van der Waals surface area contributed by atoms with Gasteiger partial charge in [-0.25, -0.2) is 4.79 Å². The third-order valence-electron chi connectivity index (χ3n) is 7.40. The Bertz CT molecular complexity index is 1080. The third-order valence-corrected chi connectivity index (χ3v) is 7.63. The molecule has 33 heavy (non-hydrogen) atoms. The molecule has 4 bridgehead atoms. The van der Waals surface area contributed by atoms with Crippen molar-refractivity contribution >= 4 is 29.0 Å². The first-order valence-electron chi connectivity index (χ1n) is 11.2. The Morgan fingerprint density at radius 2 is 1.61 bits per heavy atom. The lowest BCUT2D eigenvalue weighted by molar-refractivity contribution is -0.385. The van der Waals surface area contributed by atoms with Gasteiger partial charge in [0, 0.05) is 16.5 Å². The molecule has 4 saturated carbocycles. The molecular formula is C25H24ClNO6. The second-order valence-corrected chi connectivity index (χ2v) is 10.1. The molecule has 0 saturated heterocycles. The molecule has 0 radical (unpaired) electrons. The maximum absolute atomic E-state index is 13.0. The topological polar surface area (TPSA) is 95.7 Å². The Balaban J connectivity index is 1.20. The van der Waals surface area contributed by atoms with Crippen molar-refractivity contribution in [2.75, 3.05) is 6.61 Å². The van der Waals surface area contributed by atoms with Crippen molar-refractivity contribution in [3.05, 3.63) is 63.2 Å². The molecule has 0 atom stereocenters. The summed E-state index contributed by atoms with van der Waals surface area (Å²) in [6, 6.07) is 10.2. The first-order valence-corrected chi connectivity index (χ1v) is 11.6. The summed E-state index contributed by atoms with van der Waals surface area (Å²) in [5, 5.41) is 11.4. The van der Waals surface area contributed by atoms with Crippen LogP contribution in [0.4, 0.5) is 5.69 Å². The molecule has 0 unspecified atom stereocenters. The summed E-state index contributed by atoms with van der Waals surface area (Å²) in [4.78, 5) is 36.2. The molecule has 0 heterocycles. The van der Waals surface area contributed by atoms with Crippen LogP contribution in [0.1, 0.15) is 48.9 Å². The number of nitrogens with zero attached hydrogens (tertiary/aromatic N) is 1. The summed E-state index contributed by atoms with van der Waals surface area (Å²) in [6.07, 6.45) is 6.58. The van der Waals surface area contributed by atoms with Gasteiger partial charge < -0.3 is 9.47 Å². The summed E-state index contributed by atoms with van der Waals surface area (Å²) in [7, 11) is 0. The molecular weight excluding hydrogens is 446 g/mol. The number of esters is 1. The number of rotatable bonds is 7. The van der Waals surface area contributed by atoms with E-state index in [1.807, 2.05) is 0 Å². The predicted octanol–water partition coefficient (Wildman–Crippen LogP) is 5.98. The second kappa shape index (κ2) is 8.45. The molecule has 4 aliphatic carbocycles. The van der Waals surface area contributed by atoms with Crippen LogP contribution in [0, 0.1) is 33.3 Å². The van der Waals surface area contributed by atoms with E-state index in [0.717, 1.165) is 19.3 Å². The summed E-state index contributed by atoms with van der Waals surface area (Å²) in [6.45, 7) is -0.194. The molecule has 0 aliphatic heterocycles. The van der Waals surface area contributed by atoms with Crippen molar-refractivity contribution < 1.29 is 24.0 Å². The molecule has 172 valence electrons. The highest BCUT2D eigenvalue weighted by molar-refractivity contribution is 6.30. The third kappa shape index (κ3) is 4.34. The van der Waals surface area contributed by atoms with Gasteiger partial charge in [0.25, 0.3) is 0 Å². The zero-order valence-corrected chi connectivity index (χ0v) is 18.8. The van der Waals surface area contributed by atoms with Gasteiger partial charge in [-0.2, -0.15) is 0 Å². The molecule has 0 N–H and O–H groups in total. The zero-order valence-electron chi connectivity index (χ0n) is 18.0. The van der Waals surface area contributed by atoms with E-state index < -0.39 is 10.9 Å². The number of benzene rings is 2. The van der Waals surface area contributed by atoms with E-state index in [1.54, 1.807) is 0 Å². The van der Waals surface area contributed by atoms with E-state index in [4.69, 9.17) is 21.1 Å². The standard InChI is InChI=1S/C25H24ClNO6/c26-19-3-6-22(21(10-19)27(30)31)33-20-4-1-18(2-5-20)24(29)32-14-23(28)25-11-15-7-16(12-25)9-17(8-15)13-25/h1-6,10,15-17H,7-9,11-14H2. The summed E-state index contributed by atoms with van der Waals surface area (Å²) >= 11 is 5.82. The van der Waals surface area contributed by atoms with Gasteiger partial charge in [-0.15, -0.1) is 0 Å². The van der Waals surface area contributed by atoms with Crippen molar-refractivity contribution in [2.45, 2.75) is 38.5 Å². The van der Waals surface area contributed by atoms with Crippen LogP contribution in [0.2, 0.25) is 5.02 Å². The van der Waals surface area contributed by atoms with Gasteiger partial charge in [0.2, 0.25) is 5.75 Å². The van der Waals surface area contributed by atoms with Gasteiger partial charge in [-0.1, -0.05) is 11.6 Å². The van der Waals surface area contributed by atoms with Crippen molar-refractivity contribution in [3.8, 4) is 11.5 Å². The van der Waals surface area contributed by atoms with E-state index in [9.17, 15) is 19.7 Å². The molecule has 4 aliphatic rings. The zero-order chi connectivity index (χ0) is 23.2. The maximum atomic E-state index is 13.0. The van der Waals surface area contributed by atoms with Crippen LogP contribution in [-0.2, 0) is 9.53 Å². The van der Waals surface area contributed by atoms with E-state index in [0.29, 0.717) is 23.5 Å². The van der Waals surface area contributed by atoms with E-state index in [-0.39, 0.29) is 39.8 Å². The largest absolute Gasteiger partial charge is 0.454 e. The van der Waals surface area contributed by atoms with Crippen LogP contribution in [0.25, 0.3) is 0 Å². The molecule has 0 aromatic heterocycles. The summed E-state index contributed by atoms with van der Waals surface area (Å²) in [5.41, 5.74) is -0.263. The molecule has 2 aromatic carbocycles. The van der Waals surface area contributed by atoms with Crippen LogP contribution in [0.3, 0.4) is 0 Å². The van der Waals surface area contributed by atoms with Crippen molar-refractivity contribution in [2.24, 2.45) is 23.2 Å². The average molecular weight is 470 g/mol. The Morgan fingerprint density at radius 1 is 1.00 bits per heavy atom. The monoisotopic (exact) mass is 469 g/mol. The van der Waals surface area contributed by atoms with Crippen LogP contribution < -0.4 is 4.74 Å². The minimum Gasteiger partial charge on any atom is -0.454 e. The second-order valence-electron chi connectivity index (χ2n) is 9.69. The van der Waals surface area contributed by atoms with Crippen LogP contribution >= 0.6 is 11.6 Å². The van der Waals surface area contributed by atoms with Gasteiger partial charge in [-0.05, 0) is 92.7 Å². The van der Waals surface area contributed by atoms with Gasteiger partial charge in [0.1, 0.15) is 5.75 Å². The van der Waals surface area contributed by atoms with Gasteiger partial charge in [0.05, 0.1) is 10.5 Å². The number of nitro groups is 1. The normalized spacial score (nSPS) is 27.2. The number of halogens is 1. The average Bonchev–Trinajstić information content (AvgIpc) is 2.78. The highest BCUT2D eigenvalue weighted by Gasteiger charge is 2.54. The van der Waals surface area contributed by atoms with Gasteiger partial charge >= 0.3 is 11.7 Å². The fraction of sp³-hybridized carbons (Fsp3) is 0.440. The fourth-order valence-corrected chi connectivity index (χ4v) is 6.49. The van der Waals surface area contributed by atoms with Crippen LogP contribution in [0.5, 0.6) is 11.5 Å². The minimum absolute atomic E-state index is 0.0425. The lowest BCUT2D eigenvalue weighted by atomic mass is 9.48.